The molecule has 0 spiro atoms. The minimum atomic E-state index is 0.649. The summed E-state index contributed by atoms with van der Waals surface area (Å²) >= 11 is 11.2. The van der Waals surface area contributed by atoms with Gasteiger partial charge in [-0.05, 0) is 49.2 Å². The number of nitrogens with one attached hydrogen (secondary N) is 2. The Morgan fingerprint density at radius 1 is 1.41 bits per heavy atom. The van der Waals surface area contributed by atoms with E-state index in [9.17, 15) is 0 Å². The Balaban J connectivity index is 2.47. The third kappa shape index (κ3) is 5.37. The summed E-state index contributed by atoms with van der Waals surface area (Å²) in [5.41, 5.74) is 2.09. The van der Waals surface area contributed by atoms with Crippen LogP contribution in [0.1, 0.15) is 25.8 Å². The van der Waals surface area contributed by atoms with E-state index in [-0.39, 0.29) is 0 Å². The van der Waals surface area contributed by atoms with Crippen LogP contribution in [0.25, 0.3) is 0 Å². The van der Waals surface area contributed by atoms with E-state index in [0.717, 1.165) is 24.2 Å². The molecule has 1 aromatic rings. The van der Waals surface area contributed by atoms with Gasteiger partial charge in [-0.3, -0.25) is 0 Å². The van der Waals surface area contributed by atoms with Crippen LogP contribution < -0.4 is 10.6 Å². The zero-order chi connectivity index (χ0) is 12.8. The third-order valence-electron chi connectivity index (χ3n) is 2.46. The van der Waals surface area contributed by atoms with E-state index in [0.29, 0.717) is 16.1 Å². The number of hydrogen-bond donors (Lipinski definition) is 2. The van der Waals surface area contributed by atoms with E-state index in [1.165, 1.54) is 0 Å². The van der Waals surface area contributed by atoms with Gasteiger partial charge in [-0.15, -0.1) is 0 Å². The molecule has 0 aromatic heterocycles. The van der Waals surface area contributed by atoms with E-state index >= 15 is 0 Å². The Labute approximate surface area is 114 Å². The van der Waals surface area contributed by atoms with Crippen molar-refractivity contribution in [3.8, 4) is 0 Å². The summed E-state index contributed by atoms with van der Waals surface area (Å²) in [4.78, 5) is 0. The van der Waals surface area contributed by atoms with Gasteiger partial charge in [0.1, 0.15) is 0 Å². The molecule has 1 rings (SSSR count). The molecule has 0 heterocycles. The summed E-state index contributed by atoms with van der Waals surface area (Å²) in [5, 5.41) is 7.71. The summed E-state index contributed by atoms with van der Waals surface area (Å²) in [6.45, 7) is 7.30. The summed E-state index contributed by atoms with van der Waals surface area (Å²) in [6.07, 6.45) is 1.11. The van der Waals surface area contributed by atoms with Gasteiger partial charge in [0.15, 0.2) is 5.11 Å². The summed E-state index contributed by atoms with van der Waals surface area (Å²) in [5.74, 6) is 0.679. The second-order valence-electron chi connectivity index (χ2n) is 4.52. The Morgan fingerprint density at radius 2 is 2.12 bits per heavy atom. The van der Waals surface area contributed by atoms with E-state index in [1.807, 2.05) is 25.1 Å². The van der Waals surface area contributed by atoms with E-state index < -0.39 is 0 Å². The molecular weight excluding hydrogens is 252 g/mol. The van der Waals surface area contributed by atoms with E-state index in [1.54, 1.807) is 0 Å². The first-order valence-electron chi connectivity index (χ1n) is 5.80. The van der Waals surface area contributed by atoms with Crippen LogP contribution in [-0.2, 0) is 0 Å². The van der Waals surface area contributed by atoms with Crippen LogP contribution in [0.5, 0.6) is 0 Å². The minimum Gasteiger partial charge on any atom is -0.362 e. The number of halogens is 1. The molecule has 0 saturated carbocycles. The van der Waals surface area contributed by atoms with Crippen LogP contribution in [0.3, 0.4) is 0 Å². The van der Waals surface area contributed by atoms with Crippen LogP contribution in [0, 0.1) is 12.8 Å². The molecule has 0 atom stereocenters. The molecule has 17 heavy (non-hydrogen) atoms. The van der Waals surface area contributed by atoms with Crippen molar-refractivity contribution in [2.45, 2.75) is 27.2 Å². The molecule has 2 N–H and O–H groups in total. The summed E-state index contributed by atoms with van der Waals surface area (Å²) in [7, 11) is 0. The van der Waals surface area contributed by atoms with Crippen molar-refractivity contribution < 1.29 is 0 Å². The third-order valence-corrected chi connectivity index (χ3v) is 2.94. The first-order valence-corrected chi connectivity index (χ1v) is 6.58. The second-order valence-corrected chi connectivity index (χ2v) is 5.37. The maximum atomic E-state index is 5.94. The van der Waals surface area contributed by atoms with Gasteiger partial charge in [-0.2, -0.15) is 0 Å². The topological polar surface area (TPSA) is 24.1 Å². The van der Waals surface area contributed by atoms with Gasteiger partial charge < -0.3 is 10.6 Å². The number of hydrogen-bond acceptors (Lipinski definition) is 1. The SMILES string of the molecule is Cc1ccc(Cl)cc1NC(=S)NCCC(C)C. The molecule has 0 radical (unpaired) electrons. The molecular formula is C13H19ClN2S. The Morgan fingerprint density at radius 3 is 2.76 bits per heavy atom. The predicted molar refractivity (Wildman–Crippen MR) is 79.9 cm³/mol. The van der Waals surface area contributed by atoms with Crippen molar-refractivity contribution >= 4 is 34.6 Å². The van der Waals surface area contributed by atoms with E-state index in [2.05, 4.69) is 24.5 Å². The molecule has 1 aromatic carbocycles. The first-order chi connectivity index (χ1) is 7.99. The highest BCUT2D eigenvalue weighted by molar-refractivity contribution is 7.80. The molecule has 0 aliphatic carbocycles. The van der Waals surface area contributed by atoms with Crippen molar-refractivity contribution in [1.82, 2.24) is 5.32 Å². The van der Waals surface area contributed by atoms with Crippen LogP contribution in [-0.4, -0.2) is 11.7 Å². The number of aryl methyl sites for hydroxylation is 1. The normalized spacial score (nSPS) is 10.4. The summed E-state index contributed by atoms with van der Waals surface area (Å²) in [6, 6.07) is 5.73. The fourth-order valence-corrected chi connectivity index (χ4v) is 1.75. The maximum absolute atomic E-state index is 5.94. The molecule has 0 aliphatic heterocycles. The molecule has 94 valence electrons. The molecule has 0 aliphatic rings. The van der Waals surface area contributed by atoms with Gasteiger partial charge in [0.05, 0.1) is 0 Å². The van der Waals surface area contributed by atoms with Gasteiger partial charge in [-0.25, -0.2) is 0 Å². The Hall–Kier alpha value is -0.800. The number of anilines is 1. The van der Waals surface area contributed by atoms with Gasteiger partial charge in [-0.1, -0.05) is 31.5 Å². The second kappa shape index (κ2) is 6.82. The maximum Gasteiger partial charge on any atom is 0.170 e. The van der Waals surface area contributed by atoms with Gasteiger partial charge in [0.2, 0.25) is 0 Å². The minimum absolute atomic E-state index is 0.649. The summed E-state index contributed by atoms with van der Waals surface area (Å²) < 4.78 is 0. The number of rotatable bonds is 4. The van der Waals surface area contributed by atoms with Crippen molar-refractivity contribution in [2.75, 3.05) is 11.9 Å². The van der Waals surface area contributed by atoms with Gasteiger partial charge in [0, 0.05) is 17.3 Å². The molecule has 0 amide bonds. The van der Waals surface area contributed by atoms with Crippen LogP contribution >= 0.6 is 23.8 Å². The van der Waals surface area contributed by atoms with Crippen molar-refractivity contribution in [2.24, 2.45) is 5.92 Å². The lowest BCUT2D eigenvalue weighted by atomic mass is 10.1. The van der Waals surface area contributed by atoms with Crippen molar-refractivity contribution in [3.05, 3.63) is 28.8 Å². The average Bonchev–Trinajstić information content (AvgIpc) is 2.23. The highest BCUT2D eigenvalue weighted by atomic mass is 35.5. The highest BCUT2D eigenvalue weighted by Crippen LogP contribution is 2.19. The fourth-order valence-electron chi connectivity index (χ4n) is 1.37. The molecule has 0 fully saturated rings. The van der Waals surface area contributed by atoms with Gasteiger partial charge in [0.25, 0.3) is 0 Å². The van der Waals surface area contributed by atoms with Gasteiger partial charge >= 0.3 is 0 Å². The van der Waals surface area contributed by atoms with Crippen LogP contribution in [0.4, 0.5) is 5.69 Å². The van der Waals surface area contributed by atoms with E-state index in [4.69, 9.17) is 23.8 Å². The average molecular weight is 271 g/mol. The zero-order valence-electron chi connectivity index (χ0n) is 10.5. The van der Waals surface area contributed by atoms with Crippen LogP contribution in [0.2, 0.25) is 5.02 Å². The first kappa shape index (κ1) is 14.3. The van der Waals surface area contributed by atoms with Crippen molar-refractivity contribution in [3.63, 3.8) is 0 Å². The lowest BCUT2D eigenvalue weighted by molar-refractivity contribution is 0.579. The van der Waals surface area contributed by atoms with Crippen molar-refractivity contribution in [1.29, 1.82) is 0 Å². The lowest BCUT2D eigenvalue weighted by Gasteiger charge is -2.13. The standard InChI is InChI=1S/C13H19ClN2S/c1-9(2)6-7-15-13(17)16-12-8-11(14)5-4-10(12)3/h4-5,8-9H,6-7H2,1-3H3,(H2,15,16,17). The number of benzene rings is 1. The fraction of sp³-hybridized carbons (Fsp3) is 0.462. The monoisotopic (exact) mass is 270 g/mol. The predicted octanol–water partition coefficient (Wildman–Crippen LogP) is 3.98. The Bertz CT molecular complexity index is 391. The van der Waals surface area contributed by atoms with Crippen LogP contribution in [0.15, 0.2) is 18.2 Å². The number of thiocarbonyl (C=S) groups is 1. The largest absolute Gasteiger partial charge is 0.362 e. The quantitative estimate of drug-likeness (QED) is 0.810. The highest BCUT2D eigenvalue weighted by Gasteiger charge is 2.02. The zero-order valence-corrected chi connectivity index (χ0v) is 12.1. The molecule has 4 heteroatoms. The smallest absolute Gasteiger partial charge is 0.170 e. The molecule has 0 saturated heterocycles. The molecule has 2 nitrogen and oxygen atoms in total. The lowest BCUT2D eigenvalue weighted by Crippen LogP contribution is -2.30. The molecule has 0 unspecified atom stereocenters. The molecule has 0 bridgehead atoms. The Kier molecular flexibility index (Phi) is 5.72.